The van der Waals surface area contributed by atoms with Gasteiger partial charge in [0.1, 0.15) is 9.15 Å². The third-order valence-electron chi connectivity index (χ3n) is 0.629. The zero-order valence-electron chi connectivity index (χ0n) is 6.44. The van der Waals surface area contributed by atoms with Crippen LogP contribution < -0.4 is 62.4 Å². The third-order valence-corrected chi connectivity index (χ3v) is 2.65. The van der Waals surface area contributed by atoms with Crippen molar-refractivity contribution >= 4 is 26.0 Å². The van der Waals surface area contributed by atoms with Crippen molar-refractivity contribution in [2.75, 3.05) is 12.3 Å². The van der Waals surface area contributed by atoms with E-state index < -0.39 is 15.2 Å². The molecule has 0 spiro atoms. The van der Waals surface area contributed by atoms with E-state index in [1.807, 2.05) is 0 Å². The molecule has 0 aliphatic heterocycles. The van der Waals surface area contributed by atoms with E-state index in [1.54, 1.807) is 0 Å². The van der Waals surface area contributed by atoms with Crippen LogP contribution in [0.5, 0.6) is 0 Å². The van der Waals surface area contributed by atoms with Crippen LogP contribution in [0.15, 0.2) is 0 Å². The number of amides is 2. The fourth-order valence-corrected chi connectivity index (χ4v) is 1.57. The van der Waals surface area contributed by atoms with Gasteiger partial charge in [0.05, 0.1) is 0 Å². The van der Waals surface area contributed by atoms with E-state index in [9.17, 15) is 17.8 Å². The predicted octanol–water partition coefficient (Wildman–Crippen LogP) is -4.15. The number of carbonyl (C=O) groups is 1. The Hall–Kier alpha value is 1.17. The van der Waals surface area contributed by atoms with Crippen LogP contribution in [0.25, 0.3) is 0 Å². The molecular weight excluding hydrogens is 231 g/mol. The molecule has 66 valence electrons. The van der Waals surface area contributed by atoms with E-state index in [0.717, 1.165) is 0 Å². The maximum absolute atomic E-state index is 10.00. The smallest absolute Gasteiger partial charge is 0.739 e. The third kappa shape index (κ3) is 13.7. The summed E-state index contributed by atoms with van der Waals surface area (Å²) in [6.07, 6.45) is 0. The number of carbonyl (C=O) groups excluding carboxylic acids is 1. The topological polar surface area (TPSA) is 112 Å². The minimum Gasteiger partial charge on any atom is -0.739 e. The first-order valence-electron chi connectivity index (χ1n) is 2.55. The molecule has 3 N–H and O–H groups in total. The molecule has 9 heteroatoms. The standard InChI is InChI=1S/C3H8N2O4S2.K/c4-3(6)5-1-2-10-11(7,8)9;/h1-2H2,(H3,4,5,6)(H,7,8,9);/q;+1/p-1. The molecule has 0 radical (unpaired) electrons. The molecule has 0 bridgehead atoms. The first-order chi connectivity index (χ1) is 4.92. The number of nitrogens with two attached hydrogens (primary N) is 1. The number of primary amides is 1. The number of hydrogen-bond acceptors (Lipinski definition) is 5. The van der Waals surface area contributed by atoms with Gasteiger partial charge in [-0.15, -0.1) is 0 Å². The van der Waals surface area contributed by atoms with Gasteiger partial charge in [-0.3, -0.25) is 0 Å². The molecule has 0 aliphatic carbocycles. The fourth-order valence-electron chi connectivity index (χ4n) is 0.318. The van der Waals surface area contributed by atoms with Gasteiger partial charge >= 0.3 is 57.4 Å². The first-order valence-corrected chi connectivity index (χ1v) is 5.46. The maximum Gasteiger partial charge on any atom is 1.00 e. The average Bonchev–Trinajstić information content (AvgIpc) is 1.78. The van der Waals surface area contributed by atoms with Crippen LogP contribution in [0.3, 0.4) is 0 Å². The Morgan fingerprint density at radius 3 is 2.42 bits per heavy atom. The van der Waals surface area contributed by atoms with Crippen LogP contribution in [0.4, 0.5) is 4.79 Å². The summed E-state index contributed by atoms with van der Waals surface area (Å²) in [6.45, 7) is 0.0709. The van der Waals surface area contributed by atoms with Gasteiger partial charge in [0.15, 0.2) is 0 Å². The molecule has 0 aromatic heterocycles. The van der Waals surface area contributed by atoms with Gasteiger partial charge in [0.2, 0.25) is 0 Å². The van der Waals surface area contributed by atoms with Gasteiger partial charge in [0.25, 0.3) is 0 Å². The fraction of sp³-hybridized carbons (Fsp3) is 0.667. The molecule has 0 atom stereocenters. The van der Waals surface area contributed by atoms with Gasteiger partial charge < -0.3 is 15.6 Å². The van der Waals surface area contributed by atoms with E-state index in [-0.39, 0.29) is 74.5 Å². The second-order valence-corrected chi connectivity index (χ2v) is 4.91. The van der Waals surface area contributed by atoms with Crippen molar-refractivity contribution in [3.8, 4) is 0 Å². The molecule has 2 amide bonds. The SMILES string of the molecule is NC(=O)NCCSS(=O)(=O)[O-].[K+]. The van der Waals surface area contributed by atoms with Crippen LogP contribution in [-0.4, -0.2) is 31.3 Å². The number of nitrogens with one attached hydrogen (secondary N) is 1. The molecule has 0 unspecified atom stereocenters. The summed E-state index contributed by atoms with van der Waals surface area (Å²) < 4.78 is 29.8. The van der Waals surface area contributed by atoms with Gasteiger partial charge in [0, 0.05) is 12.3 Å². The molecule has 12 heavy (non-hydrogen) atoms. The Bertz CT molecular complexity index is 228. The molecule has 6 nitrogen and oxygen atoms in total. The van der Waals surface area contributed by atoms with Crippen LogP contribution in [-0.2, 0) is 9.15 Å². The van der Waals surface area contributed by atoms with Crippen molar-refractivity contribution in [1.82, 2.24) is 5.32 Å². The van der Waals surface area contributed by atoms with Crippen LogP contribution in [0.2, 0.25) is 0 Å². The Labute approximate surface area is 117 Å². The number of urea groups is 1. The molecule has 0 rings (SSSR count). The minimum atomic E-state index is -4.25. The summed E-state index contributed by atoms with van der Waals surface area (Å²) in [5, 5.41) is 2.13. The van der Waals surface area contributed by atoms with Crippen molar-refractivity contribution in [2.24, 2.45) is 5.73 Å². The van der Waals surface area contributed by atoms with E-state index in [4.69, 9.17) is 0 Å². The molecule has 0 saturated heterocycles. The first kappa shape index (κ1) is 15.6. The molecule has 0 saturated carbocycles. The monoisotopic (exact) mass is 238 g/mol. The molecule has 0 aromatic rings. The van der Waals surface area contributed by atoms with Crippen molar-refractivity contribution in [1.29, 1.82) is 0 Å². The van der Waals surface area contributed by atoms with Gasteiger partial charge in [-0.05, 0) is 10.8 Å². The predicted molar refractivity (Wildman–Crippen MR) is 39.7 cm³/mol. The molecule has 0 fully saturated rings. The molecule has 0 heterocycles. The molecule has 0 aromatic carbocycles. The second-order valence-electron chi connectivity index (χ2n) is 1.52. The zero-order valence-corrected chi connectivity index (χ0v) is 11.2. The Morgan fingerprint density at radius 1 is 1.58 bits per heavy atom. The summed E-state index contributed by atoms with van der Waals surface area (Å²) in [5.41, 5.74) is 4.66. The van der Waals surface area contributed by atoms with Crippen LogP contribution in [0, 0.1) is 0 Å². The van der Waals surface area contributed by atoms with Crippen LogP contribution >= 0.6 is 10.8 Å². The van der Waals surface area contributed by atoms with E-state index in [0.29, 0.717) is 0 Å². The molecular formula is C3H7KN2O4S2. The normalized spacial score (nSPS) is 10.1. The van der Waals surface area contributed by atoms with E-state index in [1.165, 1.54) is 0 Å². The maximum atomic E-state index is 10.00. The van der Waals surface area contributed by atoms with Crippen molar-refractivity contribution in [3.05, 3.63) is 0 Å². The van der Waals surface area contributed by atoms with Crippen molar-refractivity contribution < 1.29 is 69.1 Å². The van der Waals surface area contributed by atoms with Crippen molar-refractivity contribution in [3.63, 3.8) is 0 Å². The molecule has 0 aliphatic rings. The van der Waals surface area contributed by atoms with Gasteiger partial charge in [-0.2, -0.15) is 0 Å². The number of hydrogen-bond donors (Lipinski definition) is 2. The summed E-state index contributed by atoms with van der Waals surface area (Å²) >= 11 is 0. The van der Waals surface area contributed by atoms with Gasteiger partial charge in [-0.1, -0.05) is 0 Å². The summed E-state index contributed by atoms with van der Waals surface area (Å²) in [5.74, 6) is 0.00870. The van der Waals surface area contributed by atoms with E-state index in [2.05, 4.69) is 11.1 Å². The summed E-state index contributed by atoms with van der Waals surface area (Å²) in [6, 6.07) is -0.742. The summed E-state index contributed by atoms with van der Waals surface area (Å²) in [7, 11) is -4.03. The van der Waals surface area contributed by atoms with Crippen LogP contribution in [0.1, 0.15) is 0 Å². The largest absolute Gasteiger partial charge is 1.00 e. The zero-order chi connectivity index (χ0) is 8.91. The Kier molecular flexibility index (Phi) is 9.85. The summed E-state index contributed by atoms with van der Waals surface area (Å²) in [4.78, 5) is 10.00. The quantitative estimate of drug-likeness (QED) is 0.223. The average molecular weight is 238 g/mol. The van der Waals surface area contributed by atoms with Crippen molar-refractivity contribution in [2.45, 2.75) is 0 Å². The minimum absolute atomic E-state index is 0. The number of rotatable bonds is 4. The Morgan fingerprint density at radius 2 is 2.08 bits per heavy atom. The van der Waals surface area contributed by atoms with Gasteiger partial charge in [-0.25, -0.2) is 13.2 Å². The van der Waals surface area contributed by atoms with E-state index >= 15 is 0 Å². The Balaban J connectivity index is 0. The second kappa shape index (κ2) is 7.56.